The molecule has 6 nitrogen and oxygen atoms in total. The first-order chi connectivity index (χ1) is 11.6. The first-order valence-electron chi connectivity index (χ1n) is 7.32. The summed E-state index contributed by atoms with van der Waals surface area (Å²) in [6, 6.07) is 15.5. The zero-order chi connectivity index (χ0) is 17.4. The van der Waals surface area contributed by atoms with Crippen molar-refractivity contribution in [2.45, 2.75) is 12.6 Å². The van der Waals surface area contributed by atoms with Gasteiger partial charge in [-0.3, -0.25) is 20.1 Å². The lowest BCUT2D eigenvalue weighted by atomic mass is 10.1. The van der Waals surface area contributed by atoms with Crippen molar-refractivity contribution in [1.82, 2.24) is 10.8 Å². The third-order valence-electron chi connectivity index (χ3n) is 3.41. The third-order valence-corrected chi connectivity index (χ3v) is 3.41. The standard InChI is InChI=1S/C18H18N2O4/c21-16(20-24)11-10-13-6-8-14(9-7-13)12-19-17(18(22)23)15-4-2-1-3-5-15/h1-11,17,19,24H,12H2,(H,20,21)(H,22,23)/b11-10+/t17-/m0/s1. The fourth-order valence-corrected chi connectivity index (χ4v) is 2.17. The van der Waals surface area contributed by atoms with Crippen molar-refractivity contribution in [3.8, 4) is 0 Å². The molecule has 1 atom stereocenters. The fraction of sp³-hybridized carbons (Fsp3) is 0.111. The Balaban J connectivity index is 1.99. The summed E-state index contributed by atoms with van der Waals surface area (Å²) >= 11 is 0. The predicted octanol–water partition coefficient (Wildman–Crippen LogP) is 2.12. The van der Waals surface area contributed by atoms with E-state index in [9.17, 15) is 14.7 Å². The van der Waals surface area contributed by atoms with E-state index in [1.165, 1.54) is 11.6 Å². The molecule has 0 aliphatic heterocycles. The van der Waals surface area contributed by atoms with Crippen molar-refractivity contribution < 1.29 is 19.9 Å². The maximum Gasteiger partial charge on any atom is 0.325 e. The van der Waals surface area contributed by atoms with Gasteiger partial charge in [0.2, 0.25) is 0 Å². The van der Waals surface area contributed by atoms with Gasteiger partial charge in [-0.25, -0.2) is 5.48 Å². The average Bonchev–Trinajstić information content (AvgIpc) is 2.61. The number of carbonyl (C=O) groups excluding carboxylic acids is 1. The Morgan fingerprint density at radius 1 is 1.04 bits per heavy atom. The van der Waals surface area contributed by atoms with Crippen molar-refractivity contribution in [3.63, 3.8) is 0 Å². The predicted molar refractivity (Wildman–Crippen MR) is 89.1 cm³/mol. The van der Waals surface area contributed by atoms with E-state index in [4.69, 9.17) is 5.21 Å². The summed E-state index contributed by atoms with van der Waals surface area (Å²) < 4.78 is 0. The summed E-state index contributed by atoms with van der Waals surface area (Å²) in [5.74, 6) is -1.54. The molecule has 0 saturated carbocycles. The molecule has 4 N–H and O–H groups in total. The molecule has 0 aliphatic carbocycles. The van der Waals surface area contributed by atoms with Crippen LogP contribution in [0.15, 0.2) is 60.7 Å². The van der Waals surface area contributed by atoms with Crippen LogP contribution < -0.4 is 10.8 Å². The average molecular weight is 326 g/mol. The van der Waals surface area contributed by atoms with Crippen molar-refractivity contribution >= 4 is 18.0 Å². The van der Waals surface area contributed by atoms with Crippen molar-refractivity contribution in [3.05, 3.63) is 77.4 Å². The Morgan fingerprint density at radius 3 is 2.29 bits per heavy atom. The molecule has 0 unspecified atom stereocenters. The van der Waals surface area contributed by atoms with Crippen molar-refractivity contribution in [2.24, 2.45) is 0 Å². The van der Waals surface area contributed by atoms with E-state index >= 15 is 0 Å². The quantitative estimate of drug-likeness (QED) is 0.355. The number of benzene rings is 2. The van der Waals surface area contributed by atoms with Crippen LogP contribution in [0.25, 0.3) is 6.08 Å². The fourth-order valence-electron chi connectivity index (χ4n) is 2.17. The van der Waals surface area contributed by atoms with E-state index in [0.717, 1.165) is 11.1 Å². The third kappa shape index (κ3) is 5.05. The van der Waals surface area contributed by atoms with Gasteiger partial charge in [0.25, 0.3) is 5.91 Å². The minimum Gasteiger partial charge on any atom is -0.480 e. The summed E-state index contributed by atoms with van der Waals surface area (Å²) in [4.78, 5) is 22.3. The number of nitrogens with one attached hydrogen (secondary N) is 2. The topological polar surface area (TPSA) is 98.7 Å². The number of carboxylic acids is 1. The lowest BCUT2D eigenvalue weighted by molar-refractivity contribution is -0.139. The highest BCUT2D eigenvalue weighted by Gasteiger charge is 2.18. The molecule has 6 heteroatoms. The molecule has 0 heterocycles. The number of carboxylic acid groups (broad SMARTS) is 1. The lowest BCUT2D eigenvalue weighted by Gasteiger charge is -2.15. The Hall–Kier alpha value is -2.96. The van der Waals surface area contributed by atoms with E-state index in [0.29, 0.717) is 12.1 Å². The molecule has 0 spiro atoms. The van der Waals surface area contributed by atoms with E-state index in [1.54, 1.807) is 42.5 Å². The molecule has 2 aromatic carbocycles. The lowest BCUT2D eigenvalue weighted by Crippen LogP contribution is -2.28. The summed E-state index contributed by atoms with van der Waals surface area (Å²) in [5, 5.41) is 20.8. The van der Waals surface area contributed by atoms with Gasteiger partial charge in [-0.15, -0.1) is 0 Å². The number of hydrogen-bond acceptors (Lipinski definition) is 4. The van der Waals surface area contributed by atoms with Crippen LogP contribution in [0.5, 0.6) is 0 Å². The van der Waals surface area contributed by atoms with Crippen LogP contribution in [-0.2, 0) is 16.1 Å². The van der Waals surface area contributed by atoms with Gasteiger partial charge in [0.15, 0.2) is 0 Å². The first-order valence-corrected chi connectivity index (χ1v) is 7.32. The van der Waals surface area contributed by atoms with Gasteiger partial charge in [-0.1, -0.05) is 54.6 Å². The zero-order valence-electron chi connectivity index (χ0n) is 12.8. The molecule has 0 aromatic heterocycles. The van der Waals surface area contributed by atoms with E-state index in [2.05, 4.69) is 5.32 Å². The maximum atomic E-state index is 11.4. The minimum absolute atomic E-state index is 0.396. The van der Waals surface area contributed by atoms with Crippen molar-refractivity contribution in [2.75, 3.05) is 0 Å². The van der Waals surface area contributed by atoms with E-state index in [-0.39, 0.29) is 0 Å². The van der Waals surface area contributed by atoms with Gasteiger partial charge < -0.3 is 5.11 Å². The largest absolute Gasteiger partial charge is 0.480 e. The molecular weight excluding hydrogens is 308 g/mol. The monoisotopic (exact) mass is 326 g/mol. The van der Waals surface area contributed by atoms with Gasteiger partial charge in [0.1, 0.15) is 6.04 Å². The molecule has 0 fully saturated rings. The second-order valence-corrected chi connectivity index (χ2v) is 5.11. The SMILES string of the molecule is O=C(/C=C/c1ccc(CN[C@H](C(=O)O)c2ccccc2)cc1)NO. The zero-order valence-corrected chi connectivity index (χ0v) is 12.8. The van der Waals surface area contributed by atoms with Crippen LogP contribution in [0, 0.1) is 0 Å². The van der Waals surface area contributed by atoms with Gasteiger partial charge in [-0.05, 0) is 22.8 Å². The molecule has 0 saturated heterocycles. The molecule has 0 radical (unpaired) electrons. The molecule has 24 heavy (non-hydrogen) atoms. The molecule has 2 rings (SSSR count). The smallest absolute Gasteiger partial charge is 0.325 e. The Labute approximate surface area is 139 Å². The molecule has 0 bridgehead atoms. The van der Waals surface area contributed by atoms with E-state index in [1.807, 2.05) is 18.2 Å². The van der Waals surface area contributed by atoms with Gasteiger partial charge >= 0.3 is 5.97 Å². The van der Waals surface area contributed by atoms with Crippen LogP contribution in [0.1, 0.15) is 22.7 Å². The van der Waals surface area contributed by atoms with Gasteiger partial charge in [0, 0.05) is 12.6 Å². The highest BCUT2D eigenvalue weighted by atomic mass is 16.5. The molecule has 0 aliphatic rings. The van der Waals surface area contributed by atoms with Gasteiger partial charge in [-0.2, -0.15) is 0 Å². The Bertz CT molecular complexity index is 712. The van der Waals surface area contributed by atoms with Gasteiger partial charge in [0.05, 0.1) is 0 Å². The Kier molecular flexibility index (Phi) is 6.24. The minimum atomic E-state index is -0.934. The highest BCUT2D eigenvalue weighted by Crippen LogP contribution is 2.14. The summed E-state index contributed by atoms with van der Waals surface area (Å²) in [6.45, 7) is 0.396. The maximum absolute atomic E-state index is 11.4. The van der Waals surface area contributed by atoms with Crippen LogP contribution in [0.2, 0.25) is 0 Å². The molecular formula is C18H18N2O4. The summed E-state index contributed by atoms with van der Waals surface area (Å²) in [5.41, 5.74) is 3.92. The summed E-state index contributed by atoms with van der Waals surface area (Å²) in [7, 11) is 0. The number of amides is 1. The molecule has 124 valence electrons. The van der Waals surface area contributed by atoms with Crippen LogP contribution in [0.4, 0.5) is 0 Å². The molecule has 1 amide bonds. The second kappa shape index (κ2) is 8.61. The van der Waals surface area contributed by atoms with Crippen LogP contribution in [-0.4, -0.2) is 22.2 Å². The Morgan fingerprint density at radius 2 is 1.71 bits per heavy atom. The normalized spacial score (nSPS) is 12.0. The van der Waals surface area contributed by atoms with Crippen molar-refractivity contribution in [1.29, 1.82) is 0 Å². The number of aliphatic carboxylic acids is 1. The molecule has 2 aromatic rings. The first kappa shape index (κ1) is 17.4. The van der Waals surface area contributed by atoms with E-state index < -0.39 is 17.9 Å². The van der Waals surface area contributed by atoms with Crippen LogP contribution in [0.3, 0.4) is 0 Å². The number of carbonyl (C=O) groups is 2. The second-order valence-electron chi connectivity index (χ2n) is 5.11. The number of hydroxylamine groups is 1. The highest BCUT2D eigenvalue weighted by molar-refractivity contribution is 5.90. The number of rotatable bonds is 7. The summed E-state index contributed by atoms with van der Waals surface area (Å²) in [6.07, 6.45) is 2.77. The number of hydrogen-bond donors (Lipinski definition) is 4. The van der Waals surface area contributed by atoms with Crippen LogP contribution >= 0.6 is 0 Å².